The Balaban J connectivity index is 1.77. The molecule has 3 aromatic rings. The lowest BCUT2D eigenvalue weighted by molar-refractivity contribution is 0.0486. The van der Waals surface area contributed by atoms with Crippen molar-refractivity contribution in [3.05, 3.63) is 41.7 Å². The SMILES string of the molecule is CC(C)C(NC(=O)OC(C)(C)C)c1nnc2sc(SCc3ccccc3)nn12. The lowest BCUT2D eigenvalue weighted by Crippen LogP contribution is -2.37. The maximum Gasteiger partial charge on any atom is 0.408 e. The number of alkyl carbamates (subject to hydrolysis) is 1. The van der Waals surface area contributed by atoms with Crippen molar-refractivity contribution in [3.8, 4) is 0 Å². The molecular formula is C19H25N5O2S2. The van der Waals surface area contributed by atoms with Crippen molar-refractivity contribution >= 4 is 34.2 Å². The molecule has 0 saturated heterocycles. The van der Waals surface area contributed by atoms with E-state index in [1.807, 2.05) is 52.8 Å². The van der Waals surface area contributed by atoms with Crippen LogP contribution in [0, 0.1) is 5.92 Å². The van der Waals surface area contributed by atoms with E-state index < -0.39 is 11.7 Å². The summed E-state index contributed by atoms with van der Waals surface area (Å²) >= 11 is 3.15. The predicted molar refractivity (Wildman–Crippen MR) is 112 cm³/mol. The molecule has 0 bridgehead atoms. The third-order valence-electron chi connectivity index (χ3n) is 3.82. The maximum atomic E-state index is 12.3. The highest BCUT2D eigenvalue weighted by Gasteiger charge is 2.27. The van der Waals surface area contributed by atoms with Gasteiger partial charge in [-0.05, 0) is 32.3 Å². The minimum absolute atomic E-state index is 0.0991. The Labute approximate surface area is 172 Å². The van der Waals surface area contributed by atoms with Crippen LogP contribution in [0.2, 0.25) is 0 Å². The summed E-state index contributed by atoms with van der Waals surface area (Å²) in [5, 5.41) is 16.1. The van der Waals surface area contributed by atoms with Gasteiger partial charge < -0.3 is 10.1 Å². The van der Waals surface area contributed by atoms with Crippen molar-refractivity contribution in [3.63, 3.8) is 0 Å². The summed E-state index contributed by atoms with van der Waals surface area (Å²) in [6.45, 7) is 9.54. The smallest absolute Gasteiger partial charge is 0.408 e. The van der Waals surface area contributed by atoms with Crippen LogP contribution < -0.4 is 5.32 Å². The van der Waals surface area contributed by atoms with E-state index >= 15 is 0 Å². The van der Waals surface area contributed by atoms with Gasteiger partial charge in [0.05, 0.1) is 6.04 Å². The van der Waals surface area contributed by atoms with E-state index in [2.05, 4.69) is 32.7 Å². The number of hydrogen-bond acceptors (Lipinski definition) is 7. The first-order valence-electron chi connectivity index (χ1n) is 9.11. The molecular weight excluding hydrogens is 394 g/mol. The zero-order valence-electron chi connectivity index (χ0n) is 16.7. The number of nitrogens with zero attached hydrogens (tertiary/aromatic N) is 4. The molecule has 1 atom stereocenters. The van der Waals surface area contributed by atoms with Crippen LogP contribution in [0.5, 0.6) is 0 Å². The van der Waals surface area contributed by atoms with Gasteiger partial charge in [-0.1, -0.05) is 67.3 Å². The highest BCUT2D eigenvalue weighted by molar-refractivity contribution is 8.00. The van der Waals surface area contributed by atoms with Crippen molar-refractivity contribution in [2.45, 2.75) is 56.4 Å². The number of amides is 1. The quantitative estimate of drug-likeness (QED) is 0.583. The van der Waals surface area contributed by atoms with Gasteiger partial charge in [-0.3, -0.25) is 0 Å². The third-order valence-corrected chi connectivity index (χ3v) is 5.92. The summed E-state index contributed by atoms with van der Waals surface area (Å²) in [4.78, 5) is 13.0. The Kier molecular flexibility index (Phi) is 6.24. The third kappa shape index (κ3) is 5.23. The zero-order chi connectivity index (χ0) is 20.3. The van der Waals surface area contributed by atoms with Crippen LogP contribution in [-0.2, 0) is 10.5 Å². The van der Waals surface area contributed by atoms with E-state index in [4.69, 9.17) is 4.74 Å². The van der Waals surface area contributed by atoms with Gasteiger partial charge in [0.25, 0.3) is 0 Å². The minimum Gasteiger partial charge on any atom is -0.444 e. The standard InChI is InChI=1S/C19H25N5O2S2/c1-12(2)14(20-17(25)26-19(3,4)5)15-21-22-16-24(15)23-18(28-16)27-11-13-9-7-6-8-10-13/h6-10,12,14H,11H2,1-5H3,(H,20,25). The van der Waals surface area contributed by atoms with Crippen LogP contribution in [0.1, 0.15) is 52.0 Å². The van der Waals surface area contributed by atoms with E-state index in [0.29, 0.717) is 10.8 Å². The molecule has 2 aromatic heterocycles. The normalized spacial score (nSPS) is 13.1. The summed E-state index contributed by atoms with van der Waals surface area (Å²) in [6.07, 6.45) is -0.475. The highest BCUT2D eigenvalue weighted by atomic mass is 32.2. The van der Waals surface area contributed by atoms with Gasteiger partial charge in [0.15, 0.2) is 10.2 Å². The van der Waals surface area contributed by atoms with Crippen molar-refractivity contribution in [1.82, 2.24) is 25.1 Å². The predicted octanol–water partition coefficient (Wildman–Crippen LogP) is 4.70. The average Bonchev–Trinajstić information content (AvgIpc) is 3.17. The Morgan fingerprint density at radius 3 is 2.61 bits per heavy atom. The van der Waals surface area contributed by atoms with Crippen molar-refractivity contribution in [2.24, 2.45) is 5.92 Å². The molecule has 1 N–H and O–H groups in total. The molecule has 0 radical (unpaired) electrons. The van der Waals surface area contributed by atoms with Gasteiger partial charge in [0.2, 0.25) is 4.96 Å². The number of nitrogens with one attached hydrogen (secondary N) is 1. The molecule has 0 saturated carbocycles. The molecule has 0 aliphatic carbocycles. The zero-order valence-corrected chi connectivity index (χ0v) is 18.3. The van der Waals surface area contributed by atoms with Gasteiger partial charge >= 0.3 is 6.09 Å². The van der Waals surface area contributed by atoms with Crippen molar-refractivity contribution in [2.75, 3.05) is 0 Å². The van der Waals surface area contributed by atoms with Crippen LogP contribution in [0.15, 0.2) is 34.7 Å². The summed E-state index contributed by atoms with van der Waals surface area (Å²) in [5.41, 5.74) is 0.679. The molecule has 150 valence electrons. The molecule has 3 rings (SSSR count). The highest BCUT2D eigenvalue weighted by Crippen LogP contribution is 2.29. The monoisotopic (exact) mass is 419 g/mol. The summed E-state index contributed by atoms with van der Waals surface area (Å²) in [7, 11) is 0. The molecule has 1 aromatic carbocycles. The fourth-order valence-corrected chi connectivity index (χ4v) is 4.39. The first-order valence-corrected chi connectivity index (χ1v) is 10.9. The van der Waals surface area contributed by atoms with Crippen LogP contribution in [-0.4, -0.2) is 31.5 Å². The van der Waals surface area contributed by atoms with Crippen LogP contribution in [0.3, 0.4) is 0 Å². The van der Waals surface area contributed by atoms with E-state index in [9.17, 15) is 4.79 Å². The first kappa shape index (κ1) is 20.6. The van der Waals surface area contributed by atoms with Gasteiger partial charge in [-0.2, -0.15) is 4.52 Å². The fourth-order valence-electron chi connectivity index (χ4n) is 2.55. The molecule has 1 amide bonds. The summed E-state index contributed by atoms with van der Waals surface area (Å²) in [5.74, 6) is 1.55. The lowest BCUT2D eigenvalue weighted by Gasteiger charge is -2.24. The number of fused-ring (bicyclic) bond motifs is 1. The van der Waals surface area contributed by atoms with Gasteiger partial charge in [0.1, 0.15) is 5.60 Å². The Morgan fingerprint density at radius 2 is 1.96 bits per heavy atom. The molecule has 7 nitrogen and oxygen atoms in total. The summed E-state index contributed by atoms with van der Waals surface area (Å²) < 4.78 is 8.03. The number of ether oxygens (including phenoxy) is 1. The number of benzene rings is 1. The fraction of sp³-hybridized carbons (Fsp3) is 0.474. The molecule has 0 aliphatic rings. The van der Waals surface area contributed by atoms with Crippen LogP contribution in [0.25, 0.3) is 4.96 Å². The van der Waals surface area contributed by atoms with E-state index in [0.717, 1.165) is 10.1 Å². The molecule has 1 unspecified atom stereocenters. The average molecular weight is 420 g/mol. The molecule has 0 spiro atoms. The number of aromatic nitrogens is 4. The second-order valence-corrected chi connectivity index (χ2v) is 9.94. The van der Waals surface area contributed by atoms with Gasteiger partial charge in [0, 0.05) is 5.75 Å². The molecule has 2 heterocycles. The Morgan fingerprint density at radius 1 is 1.25 bits per heavy atom. The molecule has 0 aliphatic heterocycles. The van der Waals surface area contributed by atoms with E-state index in [1.54, 1.807) is 16.3 Å². The van der Waals surface area contributed by atoms with Crippen molar-refractivity contribution in [1.29, 1.82) is 0 Å². The van der Waals surface area contributed by atoms with E-state index in [-0.39, 0.29) is 12.0 Å². The summed E-state index contributed by atoms with van der Waals surface area (Å²) in [6, 6.07) is 9.91. The lowest BCUT2D eigenvalue weighted by atomic mass is 10.0. The first-order chi connectivity index (χ1) is 13.2. The molecule has 0 fully saturated rings. The molecule has 28 heavy (non-hydrogen) atoms. The number of hydrogen-bond donors (Lipinski definition) is 1. The van der Waals surface area contributed by atoms with Crippen LogP contribution >= 0.6 is 23.1 Å². The van der Waals surface area contributed by atoms with Crippen molar-refractivity contribution < 1.29 is 9.53 Å². The number of carbonyl (C=O) groups is 1. The van der Waals surface area contributed by atoms with Crippen LogP contribution in [0.4, 0.5) is 4.79 Å². The van der Waals surface area contributed by atoms with Gasteiger partial charge in [-0.25, -0.2) is 4.79 Å². The minimum atomic E-state index is -0.562. The number of thioether (sulfide) groups is 1. The van der Waals surface area contributed by atoms with E-state index in [1.165, 1.54) is 16.9 Å². The second kappa shape index (κ2) is 8.48. The number of carbonyl (C=O) groups excluding carboxylic acids is 1. The number of rotatable bonds is 6. The Bertz CT molecular complexity index is 931. The second-order valence-electron chi connectivity index (χ2n) is 7.76. The maximum absolute atomic E-state index is 12.3. The topological polar surface area (TPSA) is 81.4 Å². The Hall–Kier alpha value is -2.13. The van der Waals surface area contributed by atoms with Gasteiger partial charge in [-0.15, -0.1) is 15.3 Å². The largest absolute Gasteiger partial charge is 0.444 e. The molecule has 9 heteroatoms.